The van der Waals surface area contributed by atoms with E-state index in [1.165, 1.54) is 0 Å². The maximum atomic E-state index is 12.5. The van der Waals surface area contributed by atoms with Crippen LogP contribution in [-0.4, -0.2) is 43.3 Å². The lowest BCUT2D eigenvalue weighted by atomic mass is 10.1. The van der Waals surface area contributed by atoms with Crippen LogP contribution in [-0.2, 0) is 14.4 Å². The largest absolute Gasteiger partial charge is 0.481 e. The Labute approximate surface area is 153 Å². The zero-order valence-electron chi connectivity index (χ0n) is 13.2. The summed E-state index contributed by atoms with van der Waals surface area (Å²) in [5, 5.41) is 18.1. The number of carboxylic acid groups (broad SMARTS) is 2. The molecule has 6 nitrogen and oxygen atoms in total. The molecule has 1 aliphatic rings. The monoisotopic (exact) mass is 377 g/mol. The van der Waals surface area contributed by atoms with Crippen molar-refractivity contribution in [1.82, 2.24) is 4.90 Å². The van der Waals surface area contributed by atoms with Gasteiger partial charge in [-0.2, -0.15) is 0 Å². The fourth-order valence-corrected chi connectivity index (χ4v) is 3.67. The summed E-state index contributed by atoms with van der Waals surface area (Å²) in [6.07, 6.45) is 2.78. The van der Waals surface area contributed by atoms with Crippen LogP contribution < -0.4 is 0 Å². The van der Waals surface area contributed by atoms with E-state index in [-0.39, 0.29) is 9.23 Å². The molecule has 0 bridgehead atoms. The lowest BCUT2D eigenvalue weighted by molar-refractivity contribution is -0.150. The van der Waals surface area contributed by atoms with Gasteiger partial charge in [-0.1, -0.05) is 60.4 Å². The Kier molecular flexibility index (Phi) is 6.11. The number of hydrogen-bond acceptors (Lipinski definition) is 5. The van der Waals surface area contributed by atoms with Crippen LogP contribution in [0.5, 0.6) is 0 Å². The van der Waals surface area contributed by atoms with Crippen molar-refractivity contribution >= 4 is 52.2 Å². The average molecular weight is 377 g/mol. The van der Waals surface area contributed by atoms with E-state index in [0.717, 1.165) is 27.8 Å². The van der Waals surface area contributed by atoms with Crippen molar-refractivity contribution in [3.05, 3.63) is 52.4 Å². The van der Waals surface area contributed by atoms with Crippen LogP contribution in [0.4, 0.5) is 0 Å². The van der Waals surface area contributed by atoms with E-state index < -0.39 is 30.3 Å². The summed E-state index contributed by atoms with van der Waals surface area (Å²) in [5.41, 5.74) is 1.75. The molecule has 2 rings (SSSR count). The molecule has 2 N–H and O–H groups in total. The lowest BCUT2D eigenvalue weighted by Gasteiger charge is -2.21. The topological polar surface area (TPSA) is 94.9 Å². The molecular formula is C17H15NO5S2. The van der Waals surface area contributed by atoms with Crippen LogP contribution in [0.15, 0.2) is 46.9 Å². The zero-order chi connectivity index (χ0) is 18.6. The number of allylic oxidation sites excluding steroid dienone is 2. The van der Waals surface area contributed by atoms with Crippen molar-refractivity contribution in [2.45, 2.75) is 19.4 Å². The first-order chi connectivity index (χ1) is 11.8. The second-order valence-electron chi connectivity index (χ2n) is 5.30. The first kappa shape index (κ1) is 18.9. The number of thioether (sulfide) groups is 1. The molecule has 1 aliphatic heterocycles. The average Bonchev–Trinajstić information content (AvgIpc) is 2.79. The van der Waals surface area contributed by atoms with Crippen molar-refractivity contribution in [2.24, 2.45) is 0 Å². The second kappa shape index (κ2) is 8.09. The SMILES string of the molecule is CC(=C/c1ccccc1)/C=C1/SC(=S)N([C@H](CC(=O)O)C(=O)O)C1=O. The maximum Gasteiger partial charge on any atom is 0.327 e. The van der Waals surface area contributed by atoms with E-state index in [1.807, 2.05) is 43.3 Å². The summed E-state index contributed by atoms with van der Waals surface area (Å²) in [6, 6.07) is 7.98. The summed E-state index contributed by atoms with van der Waals surface area (Å²) < 4.78 is 0.0393. The van der Waals surface area contributed by atoms with Gasteiger partial charge in [-0.25, -0.2) is 4.79 Å². The molecule has 1 aromatic carbocycles. The van der Waals surface area contributed by atoms with E-state index in [2.05, 4.69) is 0 Å². The van der Waals surface area contributed by atoms with Gasteiger partial charge < -0.3 is 10.2 Å². The first-order valence-electron chi connectivity index (χ1n) is 7.24. The van der Waals surface area contributed by atoms with Gasteiger partial charge in [-0.05, 0) is 24.1 Å². The van der Waals surface area contributed by atoms with Gasteiger partial charge in [0.05, 0.1) is 11.3 Å². The predicted octanol–water partition coefficient (Wildman–Crippen LogP) is 2.76. The summed E-state index contributed by atoms with van der Waals surface area (Å²) >= 11 is 6.04. The molecule has 0 aromatic heterocycles. The van der Waals surface area contributed by atoms with Gasteiger partial charge in [0.2, 0.25) is 0 Å². The normalized spacial score (nSPS) is 17.9. The quantitative estimate of drug-likeness (QED) is 0.581. The molecule has 0 saturated carbocycles. The molecular weight excluding hydrogens is 362 g/mol. The lowest BCUT2D eigenvalue weighted by Crippen LogP contribution is -2.45. The highest BCUT2D eigenvalue weighted by molar-refractivity contribution is 8.26. The smallest absolute Gasteiger partial charge is 0.327 e. The van der Waals surface area contributed by atoms with Crippen LogP contribution in [0.2, 0.25) is 0 Å². The minimum absolute atomic E-state index is 0.0393. The van der Waals surface area contributed by atoms with Crippen molar-refractivity contribution in [3.8, 4) is 0 Å². The van der Waals surface area contributed by atoms with Crippen LogP contribution in [0.3, 0.4) is 0 Å². The highest BCUT2D eigenvalue weighted by atomic mass is 32.2. The Morgan fingerprint density at radius 1 is 1.28 bits per heavy atom. The number of benzene rings is 1. The molecule has 0 radical (unpaired) electrons. The second-order valence-corrected chi connectivity index (χ2v) is 6.98. The van der Waals surface area contributed by atoms with E-state index >= 15 is 0 Å². The molecule has 130 valence electrons. The molecule has 0 unspecified atom stereocenters. The number of thiocarbonyl (C=S) groups is 1. The van der Waals surface area contributed by atoms with Gasteiger partial charge in [-0.15, -0.1) is 0 Å². The molecule has 8 heteroatoms. The summed E-state index contributed by atoms with van der Waals surface area (Å²) in [5.74, 6) is -3.31. The third kappa shape index (κ3) is 4.77. The highest BCUT2D eigenvalue weighted by Crippen LogP contribution is 2.34. The maximum absolute atomic E-state index is 12.5. The number of carbonyl (C=O) groups is 3. The Balaban J connectivity index is 2.26. The van der Waals surface area contributed by atoms with Gasteiger partial charge in [0, 0.05) is 0 Å². The van der Waals surface area contributed by atoms with Crippen molar-refractivity contribution < 1.29 is 24.6 Å². The van der Waals surface area contributed by atoms with Crippen LogP contribution in [0.25, 0.3) is 6.08 Å². The van der Waals surface area contributed by atoms with Crippen molar-refractivity contribution in [3.63, 3.8) is 0 Å². The third-order valence-electron chi connectivity index (χ3n) is 3.34. The molecule has 0 spiro atoms. The molecule has 1 amide bonds. The van der Waals surface area contributed by atoms with E-state index in [1.54, 1.807) is 6.08 Å². The van der Waals surface area contributed by atoms with E-state index in [0.29, 0.717) is 0 Å². The van der Waals surface area contributed by atoms with Crippen molar-refractivity contribution in [1.29, 1.82) is 0 Å². The Hall–Kier alpha value is -2.45. The Bertz CT molecular complexity index is 785. The van der Waals surface area contributed by atoms with E-state index in [9.17, 15) is 19.5 Å². The Morgan fingerprint density at radius 3 is 2.48 bits per heavy atom. The van der Waals surface area contributed by atoms with Gasteiger partial charge in [0.25, 0.3) is 5.91 Å². The fourth-order valence-electron chi connectivity index (χ4n) is 2.26. The zero-order valence-corrected chi connectivity index (χ0v) is 14.8. The first-order valence-corrected chi connectivity index (χ1v) is 8.47. The fraction of sp³-hybridized carbons (Fsp3) is 0.176. The Morgan fingerprint density at radius 2 is 1.92 bits per heavy atom. The molecule has 1 fully saturated rings. The molecule has 1 heterocycles. The van der Waals surface area contributed by atoms with Crippen LogP contribution >= 0.6 is 24.0 Å². The summed E-state index contributed by atoms with van der Waals surface area (Å²) in [7, 11) is 0. The van der Waals surface area contributed by atoms with Gasteiger partial charge in [-0.3, -0.25) is 14.5 Å². The number of rotatable bonds is 6. The van der Waals surface area contributed by atoms with Gasteiger partial charge >= 0.3 is 11.9 Å². The standard InChI is InChI=1S/C17H15NO5S2/c1-10(7-11-5-3-2-4-6-11)8-13-15(21)18(17(24)25-13)12(16(22)23)9-14(19)20/h2-8,12H,9H2,1H3,(H,19,20)(H,22,23)/b10-7-,13-8+/t12-/m1/s1. The number of nitrogens with zero attached hydrogens (tertiary/aromatic N) is 1. The molecule has 1 saturated heterocycles. The minimum atomic E-state index is -1.52. The molecule has 0 aliphatic carbocycles. The number of carbonyl (C=O) groups excluding carboxylic acids is 1. The number of hydrogen-bond donors (Lipinski definition) is 2. The number of amides is 1. The van der Waals surface area contributed by atoms with E-state index in [4.69, 9.17) is 17.3 Å². The van der Waals surface area contributed by atoms with Crippen LogP contribution in [0.1, 0.15) is 18.9 Å². The predicted molar refractivity (Wildman–Crippen MR) is 98.9 cm³/mol. The molecule has 25 heavy (non-hydrogen) atoms. The summed E-state index contributed by atoms with van der Waals surface area (Å²) in [6.45, 7) is 1.81. The van der Waals surface area contributed by atoms with Gasteiger partial charge in [0.1, 0.15) is 10.4 Å². The minimum Gasteiger partial charge on any atom is -0.481 e. The molecule has 1 aromatic rings. The number of aliphatic carboxylic acids is 2. The number of carboxylic acids is 2. The molecule has 1 atom stereocenters. The van der Waals surface area contributed by atoms with Gasteiger partial charge in [0.15, 0.2) is 0 Å². The third-order valence-corrected chi connectivity index (χ3v) is 4.67. The van der Waals surface area contributed by atoms with Crippen LogP contribution in [0, 0.1) is 0 Å². The van der Waals surface area contributed by atoms with Crippen molar-refractivity contribution in [2.75, 3.05) is 0 Å². The highest BCUT2D eigenvalue weighted by Gasteiger charge is 2.41. The summed E-state index contributed by atoms with van der Waals surface area (Å²) in [4.78, 5) is 35.8.